The topological polar surface area (TPSA) is 88.9 Å². The van der Waals surface area contributed by atoms with Gasteiger partial charge < -0.3 is 10.6 Å². The SMILES string of the molecule is Cc1nn(C)c2nc(C(C)C)cc(C(=O)NC3CCCCNC3=O)c12. The highest BCUT2D eigenvalue weighted by Gasteiger charge is 2.25. The summed E-state index contributed by atoms with van der Waals surface area (Å²) < 4.78 is 1.70. The highest BCUT2D eigenvalue weighted by Crippen LogP contribution is 2.25. The molecular weight excluding hydrogens is 318 g/mol. The highest BCUT2D eigenvalue weighted by atomic mass is 16.2. The Kier molecular flexibility index (Phi) is 4.74. The summed E-state index contributed by atoms with van der Waals surface area (Å²) in [7, 11) is 1.83. The molecule has 2 aromatic rings. The molecule has 1 aliphatic heterocycles. The minimum Gasteiger partial charge on any atom is -0.354 e. The van der Waals surface area contributed by atoms with Crippen molar-refractivity contribution in [3.8, 4) is 0 Å². The van der Waals surface area contributed by atoms with E-state index >= 15 is 0 Å². The maximum absolute atomic E-state index is 13.0. The number of aromatic nitrogens is 3. The third-order valence-corrected chi connectivity index (χ3v) is 4.67. The summed E-state index contributed by atoms with van der Waals surface area (Å²) in [6.45, 7) is 6.62. The molecule has 7 heteroatoms. The second kappa shape index (κ2) is 6.82. The van der Waals surface area contributed by atoms with Crippen LogP contribution < -0.4 is 10.6 Å². The number of hydrogen-bond donors (Lipinski definition) is 2. The number of hydrogen-bond acceptors (Lipinski definition) is 4. The monoisotopic (exact) mass is 343 g/mol. The Labute approximate surface area is 147 Å². The molecule has 0 aromatic carbocycles. The van der Waals surface area contributed by atoms with Gasteiger partial charge in [-0.15, -0.1) is 0 Å². The van der Waals surface area contributed by atoms with Gasteiger partial charge in [-0.05, 0) is 38.2 Å². The van der Waals surface area contributed by atoms with Crippen molar-refractivity contribution >= 4 is 22.8 Å². The number of amides is 2. The molecule has 134 valence electrons. The minimum atomic E-state index is -0.488. The van der Waals surface area contributed by atoms with E-state index in [9.17, 15) is 9.59 Å². The molecule has 1 fully saturated rings. The second-order valence-electron chi connectivity index (χ2n) is 6.97. The Morgan fingerprint density at radius 3 is 2.88 bits per heavy atom. The van der Waals surface area contributed by atoms with E-state index in [0.717, 1.165) is 29.6 Å². The molecule has 2 amide bonds. The number of fused-ring (bicyclic) bond motifs is 1. The van der Waals surface area contributed by atoms with Crippen molar-refractivity contribution in [3.05, 3.63) is 23.0 Å². The van der Waals surface area contributed by atoms with E-state index in [1.165, 1.54) is 0 Å². The van der Waals surface area contributed by atoms with Crippen molar-refractivity contribution in [3.63, 3.8) is 0 Å². The van der Waals surface area contributed by atoms with Gasteiger partial charge in [0.05, 0.1) is 16.6 Å². The van der Waals surface area contributed by atoms with E-state index in [4.69, 9.17) is 0 Å². The summed E-state index contributed by atoms with van der Waals surface area (Å²) in [4.78, 5) is 29.8. The van der Waals surface area contributed by atoms with Gasteiger partial charge in [-0.3, -0.25) is 14.3 Å². The fourth-order valence-electron chi connectivity index (χ4n) is 3.25. The van der Waals surface area contributed by atoms with Crippen molar-refractivity contribution in [1.29, 1.82) is 0 Å². The Hall–Kier alpha value is -2.44. The molecule has 0 bridgehead atoms. The van der Waals surface area contributed by atoms with Gasteiger partial charge in [0.2, 0.25) is 5.91 Å². The molecule has 1 unspecified atom stereocenters. The molecule has 0 radical (unpaired) electrons. The summed E-state index contributed by atoms with van der Waals surface area (Å²) >= 11 is 0. The Morgan fingerprint density at radius 1 is 1.40 bits per heavy atom. The van der Waals surface area contributed by atoms with E-state index in [0.29, 0.717) is 24.2 Å². The third kappa shape index (κ3) is 3.36. The molecule has 2 aromatic heterocycles. The smallest absolute Gasteiger partial charge is 0.252 e. The van der Waals surface area contributed by atoms with Crippen molar-refractivity contribution < 1.29 is 9.59 Å². The van der Waals surface area contributed by atoms with Crippen LogP contribution in [0.2, 0.25) is 0 Å². The molecule has 0 saturated carbocycles. The fraction of sp³-hybridized carbons (Fsp3) is 0.556. The van der Waals surface area contributed by atoms with Crippen LogP contribution in [0.15, 0.2) is 6.07 Å². The van der Waals surface area contributed by atoms with E-state index in [-0.39, 0.29) is 17.7 Å². The maximum atomic E-state index is 13.0. The largest absolute Gasteiger partial charge is 0.354 e. The lowest BCUT2D eigenvalue weighted by atomic mass is 10.0. The number of aryl methyl sites for hydroxylation is 2. The quantitative estimate of drug-likeness (QED) is 0.889. The van der Waals surface area contributed by atoms with Crippen LogP contribution in [0.1, 0.15) is 60.8 Å². The van der Waals surface area contributed by atoms with Crippen molar-refractivity contribution in [1.82, 2.24) is 25.4 Å². The molecule has 1 atom stereocenters. The van der Waals surface area contributed by atoms with Crippen LogP contribution in [-0.2, 0) is 11.8 Å². The molecule has 7 nitrogen and oxygen atoms in total. The molecule has 0 aliphatic carbocycles. The predicted molar refractivity (Wildman–Crippen MR) is 95.4 cm³/mol. The maximum Gasteiger partial charge on any atom is 0.252 e. The van der Waals surface area contributed by atoms with Gasteiger partial charge in [-0.1, -0.05) is 13.8 Å². The zero-order valence-electron chi connectivity index (χ0n) is 15.2. The molecule has 25 heavy (non-hydrogen) atoms. The lowest BCUT2D eigenvalue weighted by Crippen LogP contribution is -2.45. The highest BCUT2D eigenvalue weighted by molar-refractivity contribution is 6.07. The first-order chi connectivity index (χ1) is 11.9. The number of carbonyl (C=O) groups excluding carboxylic acids is 2. The van der Waals surface area contributed by atoms with Gasteiger partial charge in [0.1, 0.15) is 6.04 Å². The summed E-state index contributed by atoms with van der Waals surface area (Å²) in [5, 5.41) is 10.9. The normalized spacial score (nSPS) is 18.3. The van der Waals surface area contributed by atoms with E-state index < -0.39 is 6.04 Å². The molecule has 1 saturated heterocycles. The van der Waals surface area contributed by atoms with Crippen LogP contribution in [0.4, 0.5) is 0 Å². The Balaban J connectivity index is 2.01. The van der Waals surface area contributed by atoms with Crippen LogP contribution in [0, 0.1) is 6.92 Å². The molecule has 1 aliphatic rings. The van der Waals surface area contributed by atoms with E-state index in [2.05, 4.69) is 20.7 Å². The molecule has 3 heterocycles. The first kappa shape index (κ1) is 17.4. The van der Waals surface area contributed by atoms with Gasteiger partial charge >= 0.3 is 0 Å². The number of carbonyl (C=O) groups is 2. The summed E-state index contributed by atoms with van der Waals surface area (Å²) in [5.74, 6) is -0.164. The van der Waals surface area contributed by atoms with Crippen LogP contribution in [0.5, 0.6) is 0 Å². The number of nitrogens with one attached hydrogen (secondary N) is 2. The van der Waals surface area contributed by atoms with Crippen molar-refractivity contribution in [2.24, 2.45) is 7.05 Å². The van der Waals surface area contributed by atoms with Crippen LogP contribution in [0.25, 0.3) is 11.0 Å². The van der Waals surface area contributed by atoms with Crippen LogP contribution in [0.3, 0.4) is 0 Å². The number of rotatable bonds is 3. The molecule has 0 spiro atoms. The zero-order chi connectivity index (χ0) is 18.1. The predicted octanol–water partition coefficient (Wildman–Crippen LogP) is 1.80. The zero-order valence-corrected chi connectivity index (χ0v) is 15.2. The lowest BCUT2D eigenvalue weighted by molar-refractivity contribution is -0.122. The van der Waals surface area contributed by atoms with Gasteiger partial charge in [0.25, 0.3) is 5.91 Å². The van der Waals surface area contributed by atoms with Crippen LogP contribution >= 0.6 is 0 Å². The number of pyridine rings is 1. The standard InChI is InChI=1S/C18H25N5O2/c1-10(2)14-9-12(15-11(3)22-23(4)16(15)20-14)17(24)21-13-7-5-6-8-19-18(13)25/h9-10,13H,5-8H2,1-4H3,(H,19,25)(H,21,24). The van der Waals surface area contributed by atoms with Gasteiger partial charge in [0, 0.05) is 19.3 Å². The third-order valence-electron chi connectivity index (χ3n) is 4.67. The van der Waals surface area contributed by atoms with Crippen LogP contribution in [-0.4, -0.2) is 39.2 Å². The summed E-state index contributed by atoms with van der Waals surface area (Å²) in [5.41, 5.74) is 2.83. The van der Waals surface area contributed by atoms with Crippen molar-refractivity contribution in [2.45, 2.75) is 52.0 Å². The average molecular weight is 343 g/mol. The molecular formula is C18H25N5O2. The van der Waals surface area contributed by atoms with Gasteiger partial charge in [-0.2, -0.15) is 5.10 Å². The van der Waals surface area contributed by atoms with Gasteiger partial charge in [-0.25, -0.2) is 4.98 Å². The minimum absolute atomic E-state index is 0.108. The first-order valence-electron chi connectivity index (χ1n) is 8.81. The summed E-state index contributed by atoms with van der Waals surface area (Å²) in [6.07, 6.45) is 2.52. The second-order valence-corrected chi connectivity index (χ2v) is 6.97. The van der Waals surface area contributed by atoms with E-state index in [1.807, 2.05) is 33.9 Å². The number of nitrogens with zero attached hydrogens (tertiary/aromatic N) is 3. The molecule has 3 rings (SSSR count). The van der Waals surface area contributed by atoms with E-state index in [1.54, 1.807) is 4.68 Å². The summed E-state index contributed by atoms with van der Waals surface area (Å²) in [6, 6.07) is 1.34. The van der Waals surface area contributed by atoms with Gasteiger partial charge in [0.15, 0.2) is 5.65 Å². The molecule has 2 N–H and O–H groups in total. The average Bonchev–Trinajstić information content (AvgIpc) is 2.72. The fourth-order valence-corrected chi connectivity index (χ4v) is 3.25. The van der Waals surface area contributed by atoms with Crippen molar-refractivity contribution in [2.75, 3.05) is 6.54 Å². The Morgan fingerprint density at radius 2 is 2.16 bits per heavy atom. The first-order valence-corrected chi connectivity index (χ1v) is 8.81. The Bertz CT molecular complexity index is 824. The lowest BCUT2D eigenvalue weighted by Gasteiger charge is -2.16.